The van der Waals surface area contributed by atoms with Crippen molar-refractivity contribution in [2.75, 3.05) is 6.61 Å². The highest BCUT2D eigenvalue weighted by molar-refractivity contribution is 5.92. The highest BCUT2D eigenvalue weighted by Crippen LogP contribution is 2.18. The van der Waals surface area contributed by atoms with Gasteiger partial charge in [-0.2, -0.15) is 5.26 Å². The Kier molecular flexibility index (Phi) is 6.05. The third-order valence-electron chi connectivity index (χ3n) is 3.93. The van der Waals surface area contributed by atoms with Crippen molar-refractivity contribution in [2.45, 2.75) is 26.4 Å². The van der Waals surface area contributed by atoms with E-state index in [1.54, 1.807) is 17.0 Å². The molecule has 0 fully saturated rings. The lowest BCUT2D eigenvalue weighted by Crippen LogP contribution is -2.45. The van der Waals surface area contributed by atoms with Crippen LogP contribution in [0.1, 0.15) is 35.5 Å². The average molecular weight is 323 g/mol. The van der Waals surface area contributed by atoms with Crippen molar-refractivity contribution in [2.24, 2.45) is 5.92 Å². The van der Waals surface area contributed by atoms with E-state index in [-0.39, 0.29) is 30.2 Å². The van der Waals surface area contributed by atoms with Crippen LogP contribution in [0.25, 0.3) is 0 Å². The summed E-state index contributed by atoms with van der Waals surface area (Å²) in [6, 6.07) is 14.4. The van der Waals surface area contributed by atoms with Crippen molar-refractivity contribution in [3.05, 3.63) is 65.5 Å². The molecule has 0 bridgehead atoms. The first-order valence-electron chi connectivity index (χ1n) is 7.88. The molecule has 1 aromatic heterocycles. The van der Waals surface area contributed by atoms with Crippen LogP contribution < -0.4 is 0 Å². The fraction of sp³-hybridized carbons (Fsp3) is 0.316. The van der Waals surface area contributed by atoms with Gasteiger partial charge in [-0.25, -0.2) is 4.98 Å². The zero-order valence-electron chi connectivity index (χ0n) is 13.9. The zero-order chi connectivity index (χ0) is 17.5. The maximum atomic E-state index is 12.9. The lowest BCUT2D eigenvalue weighted by Gasteiger charge is -2.33. The molecule has 1 amide bonds. The number of nitrogens with zero attached hydrogens (tertiary/aromatic N) is 3. The summed E-state index contributed by atoms with van der Waals surface area (Å²) in [6.07, 6.45) is 1.39. The predicted octanol–water partition coefficient (Wildman–Crippen LogP) is 2.61. The van der Waals surface area contributed by atoms with Gasteiger partial charge in [0.2, 0.25) is 0 Å². The van der Waals surface area contributed by atoms with Crippen LogP contribution in [0.2, 0.25) is 0 Å². The van der Waals surface area contributed by atoms with Gasteiger partial charge in [0.15, 0.2) is 0 Å². The molecule has 0 radical (unpaired) electrons. The van der Waals surface area contributed by atoms with Gasteiger partial charge < -0.3 is 10.0 Å². The van der Waals surface area contributed by atoms with E-state index in [9.17, 15) is 9.90 Å². The highest BCUT2D eigenvalue weighted by Gasteiger charge is 2.27. The van der Waals surface area contributed by atoms with E-state index < -0.39 is 0 Å². The molecule has 0 saturated carbocycles. The summed E-state index contributed by atoms with van der Waals surface area (Å²) in [4.78, 5) is 18.7. The largest absolute Gasteiger partial charge is 0.394 e. The molecule has 1 aromatic carbocycles. The van der Waals surface area contributed by atoms with Crippen molar-refractivity contribution in [1.29, 1.82) is 5.26 Å². The third kappa shape index (κ3) is 4.18. The predicted molar refractivity (Wildman–Crippen MR) is 91.0 cm³/mol. The maximum absolute atomic E-state index is 12.9. The molecule has 124 valence electrons. The number of rotatable bonds is 6. The Labute approximate surface area is 142 Å². The Hall–Kier alpha value is -2.71. The van der Waals surface area contributed by atoms with Crippen LogP contribution in [0, 0.1) is 17.2 Å². The molecular weight excluding hydrogens is 302 g/mol. The number of hydrogen-bond acceptors (Lipinski definition) is 4. The summed E-state index contributed by atoms with van der Waals surface area (Å²) in [5.41, 5.74) is 1.66. The van der Waals surface area contributed by atoms with Crippen molar-refractivity contribution < 1.29 is 9.90 Å². The molecule has 24 heavy (non-hydrogen) atoms. The minimum Gasteiger partial charge on any atom is -0.394 e. The normalized spacial score (nSPS) is 11.8. The Morgan fingerprint density at radius 3 is 2.46 bits per heavy atom. The lowest BCUT2D eigenvalue weighted by molar-refractivity contribution is 0.0476. The Bertz CT molecular complexity index is 706. The second kappa shape index (κ2) is 8.23. The quantitative estimate of drug-likeness (QED) is 0.886. The number of amides is 1. The minimum atomic E-state index is -0.310. The summed E-state index contributed by atoms with van der Waals surface area (Å²) in [6.45, 7) is 4.22. The Morgan fingerprint density at radius 2 is 1.96 bits per heavy atom. The average Bonchev–Trinajstić information content (AvgIpc) is 2.61. The van der Waals surface area contributed by atoms with Gasteiger partial charge in [0, 0.05) is 12.7 Å². The first-order chi connectivity index (χ1) is 11.6. The van der Waals surface area contributed by atoms with E-state index in [1.165, 1.54) is 6.20 Å². The summed E-state index contributed by atoms with van der Waals surface area (Å²) >= 11 is 0. The first-order valence-corrected chi connectivity index (χ1v) is 7.88. The van der Waals surface area contributed by atoms with Gasteiger partial charge in [0.1, 0.15) is 11.8 Å². The molecule has 0 saturated heterocycles. The number of aliphatic hydroxyl groups excluding tert-OH is 1. The second-order valence-corrected chi connectivity index (χ2v) is 5.96. The van der Waals surface area contributed by atoms with Gasteiger partial charge in [0.25, 0.3) is 5.91 Å². The van der Waals surface area contributed by atoms with Gasteiger partial charge in [-0.15, -0.1) is 0 Å². The van der Waals surface area contributed by atoms with Gasteiger partial charge in [-0.1, -0.05) is 44.2 Å². The van der Waals surface area contributed by atoms with Crippen LogP contribution in [0.4, 0.5) is 0 Å². The number of carbonyl (C=O) groups is 1. The second-order valence-electron chi connectivity index (χ2n) is 5.96. The molecule has 1 atom stereocenters. The number of benzene rings is 1. The number of aliphatic hydroxyl groups is 1. The van der Waals surface area contributed by atoms with Crippen LogP contribution in [0.5, 0.6) is 0 Å². The summed E-state index contributed by atoms with van der Waals surface area (Å²) in [5, 5.41) is 18.6. The lowest BCUT2D eigenvalue weighted by atomic mass is 10.0. The van der Waals surface area contributed by atoms with Crippen LogP contribution in [0.3, 0.4) is 0 Å². The van der Waals surface area contributed by atoms with Crippen LogP contribution in [-0.2, 0) is 6.54 Å². The number of pyridine rings is 1. The first kappa shape index (κ1) is 17.6. The molecule has 0 aliphatic rings. The zero-order valence-corrected chi connectivity index (χ0v) is 13.9. The van der Waals surface area contributed by atoms with Gasteiger partial charge >= 0.3 is 0 Å². The topological polar surface area (TPSA) is 77.2 Å². The molecule has 5 nitrogen and oxygen atoms in total. The molecule has 1 unspecified atom stereocenters. The fourth-order valence-corrected chi connectivity index (χ4v) is 2.52. The number of hydrogen-bond donors (Lipinski definition) is 1. The summed E-state index contributed by atoms with van der Waals surface area (Å²) in [7, 11) is 0. The van der Waals surface area contributed by atoms with E-state index in [4.69, 9.17) is 5.26 Å². The number of aromatic nitrogens is 1. The van der Waals surface area contributed by atoms with Gasteiger partial charge in [-0.3, -0.25) is 4.79 Å². The molecule has 1 heterocycles. The SMILES string of the molecule is CC(C)C(CO)N(Cc1ccccc1)C(=O)c1ccc(C#N)cn1. The Balaban J connectivity index is 2.32. The van der Waals surface area contributed by atoms with E-state index in [2.05, 4.69) is 4.98 Å². The molecule has 0 spiro atoms. The molecule has 0 aliphatic carbocycles. The van der Waals surface area contributed by atoms with Gasteiger partial charge in [0.05, 0.1) is 18.2 Å². The Morgan fingerprint density at radius 1 is 1.25 bits per heavy atom. The maximum Gasteiger partial charge on any atom is 0.273 e. The van der Waals surface area contributed by atoms with Gasteiger partial charge in [-0.05, 0) is 23.6 Å². The summed E-state index contributed by atoms with van der Waals surface area (Å²) < 4.78 is 0. The fourth-order valence-electron chi connectivity index (χ4n) is 2.52. The third-order valence-corrected chi connectivity index (χ3v) is 3.93. The van der Waals surface area contributed by atoms with E-state index in [1.807, 2.05) is 50.2 Å². The standard InChI is InChI=1S/C19H21N3O2/c1-14(2)18(13-23)22(12-15-6-4-3-5-7-15)19(24)17-9-8-16(10-20)11-21-17/h3-9,11,14,18,23H,12-13H2,1-2H3. The van der Waals surface area contributed by atoms with Crippen molar-refractivity contribution in [3.63, 3.8) is 0 Å². The van der Waals surface area contributed by atoms with Crippen LogP contribution >= 0.6 is 0 Å². The molecule has 2 aromatic rings. The van der Waals surface area contributed by atoms with Crippen molar-refractivity contribution in [1.82, 2.24) is 9.88 Å². The van der Waals surface area contributed by atoms with Crippen molar-refractivity contribution in [3.8, 4) is 6.07 Å². The smallest absolute Gasteiger partial charge is 0.273 e. The molecule has 2 rings (SSSR count). The van der Waals surface area contributed by atoms with Crippen LogP contribution in [-0.4, -0.2) is 33.5 Å². The van der Waals surface area contributed by atoms with Crippen molar-refractivity contribution >= 4 is 5.91 Å². The number of nitriles is 1. The summed E-state index contributed by atoms with van der Waals surface area (Å²) in [5.74, 6) is -0.155. The molecular formula is C19H21N3O2. The van der Waals surface area contributed by atoms with E-state index >= 15 is 0 Å². The van der Waals surface area contributed by atoms with E-state index in [0.29, 0.717) is 12.1 Å². The molecule has 0 aliphatic heterocycles. The monoisotopic (exact) mass is 323 g/mol. The molecule has 1 N–H and O–H groups in total. The molecule has 5 heteroatoms. The minimum absolute atomic E-state index is 0.0982. The number of carbonyl (C=O) groups excluding carboxylic acids is 1. The van der Waals surface area contributed by atoms with Crippen LogP contribution in [0.15, 0.2) is 48.7 Å². The van der Waals surface area contributed by atoms with E-state index in [0.717, 1.165) is 5.56 Å². The highest BCUT2D eigenvalue weighted by atomic mass is 16.3.